The van der Waals surface area contributed by atoms with Crippen LogP contribution < -0.4 is 10.4 Å². The first kappa shape index (κ1) is 14.9. The molecule has 0 bridgehead atoms. The van der Waals surface area contributed by atoms with Crippen LogP contribution in [0.5, 0.6) is 0 Å². The topological polar surface area (TPSA) is 21.7 Å². The first-order valence-corrected chi connectivity index (χ1v) is 8.10. The molecule has 0 saturated carbocycles. The maximum atomic E-state index is 6.10. The van der Waals surface area contributed by atoms with Gasteiger partial charge < -0.3 is 14.2 Å². The lowest BCUT2D eigenvalue weighted by molar-refractivity contribution is 0.00578. The highest BCUT2D eigenvalue weighted by molar-refractivity contribution is 6.62. The molecular formula is C17H26BNO2. The van der Waals surface area contributed by atoms with Crippen LogP contribution in [-0.2, 0) is 9.31 Å². The van der Waals surface area contributed by atoms with Crippen molar-refractivity contribution in [2.24, 2.45) is 0 Å². The van der Waals surface area contributed by atoms with E-state index in [1.165, 1.54) is 38.0 Å². The zero-order valence-electron chi connectivity index (χ0n) is 13.7. The predicted molar refractivity (Wildman–Crippen MR) is 88.2 cm³/mol. The highest BCUT2D eigenvalue weighted by Crippen LogP contribution is 2.36. The minimum absolute atomic E-state index is 0.259. The second-order valence-electron chi connectivity index (χ2n) is 7.23. The fourth-order valence-corrected chi connectivity index (χ4v) is 2.97. The van der Waals surface area contributed by atoms with Crippen molar-refractivity contribution >= 4 is 18.3 Å². The molecule has 3 rings (SSSR count). The molecule has 3 nitrogen and oxygen atoms in total. The Kier molecular flexibility index (Phi) is 3.79. The summed E-state index contributed by atoms with van der Waals surface area (Å²) < 4.78 is 12.2. The molecule has 0 aliphatic carbocycles. The number of hydrogen-bond acceptors (Lipinski definition) is 3. The number of nitrogens with zero attached hydrogens (tertiary/aromatic N) is 1. The van der Waals surface area contributed by atoms with Crippen LogP contribution in [0.25, 0.3) is 0 Å². The smallest absolute Gasteiger partial charge is 0.399 e. The third kappa shape index (κ3) is 2.84. The van der Waals surface area contributed by atoms with Gasteiger partial charge in [0.1, 0.15) is 0 Å². The zero-order chi connectivity index (χ0) is 15.1. The minimum atomic E-state index is -0.275. The molecule has 0 spiro atoms. The van der Waals surface area contributed by atoms with Gasteiger partial charge in [0.05, 0.1) is 11.2 Å². The molecule has 2 aliphatic heterocycles. The number of piperidine rings is 1. The molecule has 4 heteroatoms. The Hall–Kier alpha value is -0.995. The summed E-state index contributed by atoms with van der Waals surface area (Å²) in [7, 11) is -0.259. The Morgan fingerprint density at radius 3 is 1.90 bits per heavy atom. The second kappa shape index (κ2) is 5.33. The Balaban J connectivity index is 1.73. The fourth-order valence-electron chi connectivity index (χ4n) is 2.97. The van der Waals surface area contributed by atoms with Crippen LogP contribution in [0.1, 0.15) is 47.0 Å². The molecule has 2 fully saturated rings. The van der Waals surface area contributed by atoms with Crippen molar-refractivity contribution in [2.45, 2.75) is 58.2 Å². The van der Waals surface area contributed by atoms with E-state index in [1.807, 2.05) is 0 Å². The van der Waals surface area contributed by atoms with Gasteiger partial charge in [-0.3, -0.25) is 0 Å². The summed E-state index contributed by atoms with van der Waals surface area (Å²) in [4.78, 5) is 2.47. The Morgan fingerprint density at radius 1 is 0.857 bits per heavy atom. The third-order valence-corrected chi connectivity index (χ3v) is 5.14. The lowest BCUT2D eigenvalue weighted by Crippen LogP contribution is -2.41. The van der Waals surface area contributed by atoms with Crippen molar-refractivity contribution < 1.29 is 9.31 Å². The van der Waals surface area contributed by atoms with E-state index < -0.39 is 0 Å². The molecule has 21 heavy (non-hydrogen) atoms. The molecule has 2 heterocycles. The summed E-state index contributed by atoms with van der Waals surface area (Å²) in [5, 5.41) is 0. The molecule has 0 N–H and O–H groups in total. The molecule has 114 valence electrons. The normalized spacial score (nSPS) is 24.4. The van der Waals surface area contributed by atoms with Gasteiger partial charge in [0, 0.05) is 18.8 Å². The predicted octanol–water partition coefficient (Wildman–Crippen LogP) is 2.98. The lowest BCUT2D eigenvalue weighted by atomic mass is 9.79. The zero-order valence-corrected chi connectivity index (χ0v) is 13.7. The summed E-state index contributed by atoms with van der Waals surface area (Å²) in [6, 6.07) is 8.69. The molecule has 1 aromatic carbocycles. The first-order valence-electron chi connectivity index (χ1n) is 8.10. The van der Waals surface area contributed by atoms with Crippen LogP contribution in [0.4, 0.5) is 5.69 Å². The quantitative estimate of drug-likeness (QED) is 0.781. The van der Waals surface area contributed by atoms with E-state index in [0.717, 1.165) is 5.46 Å². The van der Waals surface area contributed by atoms with Gasteiger partial charge in [-0.25, -0.2) is 0 Å². The molecule has 0 radical (unpaired) electrons. The SMILES string of the molecule is CC1(C)OB(c2ccc(N3CCCCC3)cc2)OC1(C)C. The average Bonchev–Trinajstić information content (AvgIpc) is 2.69. The van der Waals surface area contributed by atoms with E-state index in [-0.39, 0.29) is 18.3 Å². The molecule has 2 aliphatic rings. The van der Waals surface area contributed by atoms with E-state index in [0.29, 0.717) is 0 Å². The summed E-state index contributed by atoms with van der Waals surface area (Å²) in [6.45, 7) is 10.7. The third-order valence-electron chi connectivity index (χ3n) is 5.14. The maximum Gasteiger partial charge on any atom is 0.494 e. The van der Waals surface area contributed by atoms with Gasteiger partial charge in [-0.05, 0) is 64.6 Å². The number of benzene rings is 1. The van der Waals surface area contributed by atoms with E-state index in [9.17, 15) is 0 Å². The molecule has 0 unspecified atom stereocenters. The monoisotopic (exact) mass is 287 g/mol. The fraction of sp³-hybridized carbons (Fsp3) is 0.647. The molecule has 1 aromatic rings. The van der Waals surface area contributed by atoms with Crippen LogP contribution >= 0.6 is 0 Å². The summed E-state index contributed by atoms with van der Waals surface area (Å²) in [6.07, 6.45) is 3.97. The Bertz CT molecular complexity index is 476. The van der Waals surface area contributed by atoms with Crippen LogP contribution in [0, 0.1) is 0 Å². The molecular weight excluding hydrogens is 261 g/mol. The van der Waals surface area contributed by atoms with Crippen molar-refractivity contribution in [3.8, 4) is 0 Å². The Labute approximate surface area is 128 Å². The van der Waals surface area contributed by atoms with Gasteiger partial charge in [-0.15, -0.1) is 0 Å². The van der Waals surface area contributed by atoms with Gasteiger partial charge in [0.25, 0.3) is 0 Å². The standard InChI is InChI=1S/C17H26BNO2/c1-16(2)17(3,4)21-18(20-16)14-8-10-15(11-9-14)19-12-6-5-7-13-19/h8-11H,5-7,12-13H2,1-4H3. The van der Waals surface area contributed by atoms with Crippen molar-refractivity contribution in [1.82, 2.24) is 0 Å². The van der Waals surface area contributed by atoms with E-state index in [4.69, 9.17) is 9.31 Å². The summed E-state index contributed by atoms with van der Waals surface area (Å²) >= 11 is 0. The van der Waals surface area contributed by atoms with Crippen molar-refractivity contribution in [3.63, 3.8) is 0 Å². The van der Waals surface area contributed by atoms with Crippen LogP contribution in [0.15, 0.2) is 24.3 Å². The van der Waals surface area contributed by atoms with Crippen molar-refractivity contribution in [2.75, 3.05) is 18.0 Å². The van der Waals surface area contributed by atoms with Gasteiger partial charge in [0.2, 0.25) is 0 Å². The Morgan fingerprint density at radius 2 is 1.38 bits per heavy atom. The highest BCUT2D eigenvalue weighted by Gasteiger charge is 2.51. The average molecular weight is 287 g/mol. The molecule has 0 atom stereocenters. The summed E-state index contributed by atoms with van der Waals surface area (Å²) in [5.41, 5.74) is 1.87. The van der Waals surface area contributed by atoms with E-state index in [1.54, 1.807) is 0 Å². The van der Waals surface area contributed by atoms with Crippen LogP contribution in [0.3, 0.4) is 0 Å². The van der Waals surface area contributed by atoms with Gasteiger partial charge in [0.15, 0.2) is 0 Å². The largest absolute Gasteiger partial charge is 0.494 e. The maximum absolute atomic E-state index is 6.10. The molecule has 0 aromatic heterocycles. The van der Waals surface area contributed by atoms with Crippen molar-refractivity contribution in [1.29, 1.82) is 0 Å². The number of anilines is 1. The summed E-state index contributed by atoms with van der Waals surface area (Å²) in [5.74, 6) is 0. The van der Waals surface area contributed by atoms with Gasteiger partial charge in [-0.2, -0.15) is 0 Å². The van der Waals surface area contributed by atoms with Crippen LogP contribution in [-0.4, -0.2) is 31.4 Å². The number of rotatable bonds is 2. The van der Waals surface area contributed by atoms with E-state index >= 15 is 0 Å². The van der Waals surface area contributed by atoms with E-state index in [2.05, 4.69) is 56.9 Å². The minimum Gasteiger partial charge on any atom is -0.399 e. The van der Waals surface area contributed by atoms with Crippen LogP contribution in [0.2, 0.25) is 0 Å². The van der Waals surface area contributed by atoms with Gasteiger partial charge >= 0.3 is 7.12 Å². The lowest BCUT2D eigenvalue weighted by Gasteiger charge is -2.32. The molecule has 2 saturated heterocycles. The first-order chi connectivity index (χ1) is 9.89. The van der Waals surface area contributed by atoms with Gasteiger partial charge in [-0.1, -0.05) is 12.1 Å². The second-order valence-corrected chi connectivity index (χ2v) is 7.23. The molecule has 0 amide bonds. The highest BCUT2D eigenvalue weighted by atomic mass is 16.7. The number of hydrogen-bond donors (Lipinski definition) is 0. The van der Waals surface area contributed by atoms with Crippen molar-refractivity contribution in [3.05, 3.63) is 24.3 Å².